The Morgan fingerprint density at radius 1 is 0.480 bits per heavy atom. The standard InChI is InChI=1S/C23H50NO/c1-5-6-7-8-9-10-11-12-13-14-15-16-17-18-19-20-22-25-23-21-24(2,3)4/h5-23H2,1-4H3/q+1. The van der Waals surface area contributed by atoms with Gasteiger partial charge in [0, 0.05) is 6.61 Å². The molecule has 2 nitrogen and oxygen atoms in total. The fourth-order valence-electron chi connectivity index (χ4n) is 3.19. The average molecular weight is 357 g/mol. The highest BCUT2D eigenvalue weighted by atomic mass is 16.5. The first-order chi connectivity index (χ1) is 12.1. The second kappa shape index (κ2) is 18.7. The van der Waals surface area contributed by atoms with Gasteiger partial charge in [-0.1, -0.05) is 103 Å². The lowest BCUT2D eigenvalue weighted by Crippen LogP contribution is -2.37. The number of nitrogens with zero attached hydrogens (tertiary/aromatic N) is 1. The van der Waals surface area contributed by atoms with Crippen LogP contribution in [0, 0.1) is 0 Å². The van der Waals surface area contributed by atoms with Crippen molar-refractivity contribution in [1.82, 2.24) is 0 Å². The number of hydrogen-bond donors (Lipinski definition) is 0. The van der Waals surface area contributed by atoms with Crippen LogP contribution in [0.4, 0.5) is 0 Å². The topological polar surface area (TPSA) is 9.23 Å². The van der Waals surface area contributed by atoms with E-state index in [1.54, 1.807) is 0 Å². The summed E-state index contributed by atoms with van der Waals surface area (Å²) in [5, 5.41) is 0. The van der Waals surface area contributed by atoms with E-state index < -0.39 is 0 Å². The second-order valence-corrected chi connectivity index (χ2v) is 8.93. The molecule has 0 N–H and O–H groups in total. The molecule has 0 fully saturated rings. The summed E-state index contributed by atoms with van der Waals surface area (Å²) >= 11 is 0. The SMILES string of the molecule is CCCCCCCCCCCCCCCCCCOCC[N+](C)(C)C. The summed E-state index contributed by atoms with van der Waals surface area (Å²) in [4.78, 5) is 0. The van der Waals surface area contributed by atoms with Crippen LogP contribution < -0.4 is 0 Å². The molecule has 0 aromatic carbocycles. The average Bonchev–Trinajstić information content (AvgIpc) is 2.56. The zero-order valence-electron chi connectivity index (χ0n) is 18.3. The molecule has 0 atom stereocenters. The number of unbranched alkanes of at least 4 members (excludes halogenated alkanes) is 15. The fourth-order valence-corrected chi connectivity index (χ4v) is 3.19. The Hall–Kier alpha value is -0.0800. The van der Waals surface area contributed by atoms with E-state index in [4.69, 9.17) is 4.74 Å². The number of quaternary nitrogens is 1. The Kier molecular flexibility index (Phi) is 18.6. The summed E-state index contributed by atoms with van der Waals surface area (Å²) in [6.45, 7) is 5.27. The maximum Gasteiger partial charge on any atom is 0.102 e. The van der Waals surface area contributed by atoms with Crippen molar-refractivity contribution in [3.63, 3.8) is 0 Å². The lowest BCUT2D eigenvalue weighted by atomic mass is 10.0. The minimum Gasteiger partial charge on any atom is -0.376 e. The maximum atomic E-state index is 5.71. The molecule has 0 aromatic rings. The molecule has 0 rings (SSSR count). The van der Waals surface area contributed by atoms with E-state index in [0.717, 1.165) is 24.2 Å². The van der Waals surface area contributed by atoms with Crippen molar-refractivity contribution in [2.24, 2.45) is 0 Å². The third-order valence-corrected chi connectivity index (χ3v) is 5.05. The van der Waals surface area contributed by atoms with E-state index in [1.807, 2.05) is 0 Å². The van der Waals surface area contributed by atoms with E-state index in [2.05, 4.69) is 28.1 Å². The summed E-state index contributed by atoms with van der Waals surface area (Å²) < 4.78 is 6.71. The van der Waals surface area contributed by atoms with Crippen molar-refractivity contribution in [2.75, 3.05) is 40.9 Å². The van der Waals surface area contributed by atoms with E-state index in [0.29, 0.717) is 0 Å². The first-order valence-electron chi connectivity index (χ1n) is 11.4. The fraction of sp³-hybridized carbons (Fsp3) is 1.00. The zero-order valence-corrected chi connectivity index (χ0v) is 18.3. The number of hydrogen-bond acceptors (Lipinski definition) is 1. The number of likely N-dealkylation sites (N-methyl/N-ethyl adjacent to an activating group) is 1. The number of rotatable bonds is 20. The maximum absolute atomic E-state index is 5.71. The first-order valence-corrected chi connectivity index (χ1v) is 11.4. The third-order valence-electron chi connectivity index (χ3n) is 5.05. The van der Waals surface area contributed by atoms with Crippen LogP contribution in [-0.2, 0) is 4.74 Å². The van der Waals surface area contributed by atoms with Crippen molar-refractivity contribution in [3.05, 3.63) is 0 Å². The Morgan fingerprint density at radius 2 is 0.840 bits per heavy atom. The van der Waals surface area contributed by atoms with Crippen LogP contribution in [0.1, 0.15) is 110 Å². The van der Waals surface area contributed by atoms with Gasteiger partial charge in [-0.25, -0.2) is 0 Å². The largest absolute Gasteiger partial charge is 0.376 e. The second-order valence-electron chi connectivity index (χ2n) is 8.93. The Labute approximate surface area is 160 Å². The first kappa shape index (κ1) is 24.9. The van der Waals surface area contributed by atoms with E-state index in [9.17, 15) is 0 Å². The van der Waals surface area contributed by atoms with E-state index >= 15 is 0 Å². The minimum absolute atomic E-state index is 0.905. The lowest BCUT2D eigenvalue weighted by molar-refractivity contribution is -0.870. The zero-order chi connectivity index (χ0) is 18.6. The summed E-state index contributed by atoms with van der Waals surface area (Å²) in [5.41, 5.74) is 0. The molecule has 152 valence electrons. The molecule has 0 bridgehead atoms. The smallest absolute Gasteiger partial charge is 0.102 e. The molecule has 0 saturated heterocycles. The van der Waals surface area contributed by atoms with Gasteiger partial charge in [-0.2, -0.15) is 0 Å². The molecule has 0 unspecified atom stereocenters. The van der Waals surface area contributed by atoms with Gasteiger partial charge in [-0.3, -0.25) is 0 Å². The lowest BCUT2D eigenvalue weighted by Gasteiger charge is -2.23. The molecule has 0 saturated carbocycles. The quantitative estimate of drug-likeness (QED) is 0.169. The summed E-state index contributed by atoms with van der Waals surface area (Å²) in [5.74, 6) is 0. The highest BCUT2D eigenvalue weighted by Gasteiger charge is 2.05. The van der Waals surface area contributed by atoms with Gasteiger partial charge in [-0.05, 0) is 6.42 Å². The van der Waals surface area contributed by atoms with Crippen molar-refractivity contribution in [2.45, 2.75) is 110 Å². The van der Waals surface area contributed by atoms with Gasteiger partial charge in [0.2, 0.25) is 0 Å². The molecule has 0 aliphatic carbocycles. The molecular weight excluding hydrogens is 306 g/mol. The van der Waals surface area contributed by atoms with Crippen LogP contribution in [0.2, 0.25) is 0 Å². The minimum atomic E-state index is 0.905. The highest BCUT2D eigenvalue weighted by molar-refractivity contribution is 4.50. The van der Waals surface area contributed by atoms with Crippen molar-refractivity contribution < 1.29 is 9.22 Å². The highest BCUT2D eigenvalue weighted by Crippen LogP contribution is 2.13. The van der Waals surface area contributed by atoms with Crippen LogP contribution in [-0.4, -0.2) is 45.4 Å². The monoisotopic (exact) mass is 356 g/mol. The predicted molar refractivity (Wildman–Crippen MR) is 113 cm³/mol. The normalized spacial score (nSPS) is 12.0. The van der Waals surface area contributed by atoms with Gasteiger partial charge in [0.15, 0.2) is 0 Å². The van der Waals surface area contributed by atoms with Gasteiger partial charge >= 0.3 is 0 Å². The van der Waals surface area contributed by atoms with Gasteiger partial charge in [0.05, 0.1) is 27.7 Å². The Morgan fingerprint density at radius 3 is 1.20 bits per heavy atom. The summed E-state index contributed by atoms with van der Waals surface area (Å²) in [6.07, 6.45) is 22.9. The molecule has 0 aliphatic heterocycles. The van der Waals surface area contributed by atoms with E-state index in [-0.39, 0.29) is 0 Å². The van der Waals surface area contributed by atoms with Gasteiger partial charge in [0.1, 0.15) is 6.54 Å². The molecule has 0 aromatic heterocycles. The molecule has 0 spiro atoms. The van der Waals surface area contributed by atoms with Crippen molar-refractivity contribution in [1.29, 1.82) is 0 Å². The summed E-state index contributed by atoms with van der Waals surface area (Å²) in [7, 11) is 6.66. The molecule has 2 heteroatoms. The van der Waals surface area contributed by atoms with Crippen LogP contribution >= 0.6 is 0 Å². The predicted octanol–water partition coefficient (Wildman–Crippen LogP) is 6.97. The molecule has 0 heterocycles. The molecule has 0 radical (unpaired) electrons. The van der Waals surface area contributed by atoms with Crippen LogP contribution in [0.3, 0.4) is 0 Å². The van der Waals surface area contributed by atoms with E-state index in [1.165, 1.54) is 103 Å². The molecule has 0 amide bonds. The van der Waals surface area contributed by atoms with Crippen molar-refractivity contribution >= 4 is 0 Å². The van der Waals surface area contributed by atoms with Crippen LogP contribution in [0.15, 0.2) is 0 Å². The van der Waals surface area contributed by atoms with Crippen LogP contribution in [0.25, 0.3) is 0 Å². The Bertz CT molecular complexity index is 247. The van der Waals surface area contributed by atoms with Gasteiger partial charge in [0.25, 0.3) is 0 Å². The number of ether oxygens (including phenoxy) is 1. The van der Waals surface area contributed by atoms with Gasteiger partial charge < -0.3 is 9.22 Å². The van der Waals surface area contributed by atoms with Crippen LogP contribution in [0.5, 0.6) is 0 Å². The summed E-state index contributed by atoms with van der Waals surface area (Å²) in [6, 6.07) is 0. The van der Waals surface area contributed by atoms with Crippen molar-refractivity contribution in [3.8, 4) is 0 Å². The third kappa shape index (κ3) is 23.9. The van der Waals surface area contributed by atoms with Gasteiger partial charge in [-0.15, -0.1) is 0 Å². The molecular formula is C23H50NO+. The Balaban J connectivity index is 3.01. The molecule has 25 heavy (non-hydrogen) atoms. The molecule has 0 aliphatic rings.